The molecule has 0 radical (unpaired) electrons. The lowest BCUT2D eigenvalue weighted by Crippen LogP contribution is -2.44. The van der Waals surface area contributed by atoms with E-state index in [-0.39, 0.29) is 35.8 Å². The molecule has 3 rings (SSSR count). The van der Waals surface area contributed by atoms with Gasteiger partial charge in [0.05, 0.1) is 19.8 Å². The van der Waals surface area contributed by atoms with Gasteiger partial charge in [0.15, 0.2) is 5.96 Å². The molecule has 1 unspecified atom stereocenters. The van der Waals surface area contributed by atoms with Crippen molar-refractivity contribution >= 4 is 41.5 Å². The predicted molar refractivity (Wildman–Crippen MR) is 119 cm³/mol. The van der Waals surface area contributed by atoms with Crippen molar-refractivity contribution in [3.05, 3.63) is 29.8 Å². The van der Waals surface area contributed by atoms with Crippen LogP contribution in [0.3, 0.4) is 0 Å². The van der Waals surface area contributed by atoms with E-state index < -0.39 is 0 Å². The number of halogens is 1. The quantitative estimate of drug-likeness (QED) is 0.323. The molecule has 2 heterocycles. The van der Waals surface area contributed by atoms with Gasteiger partial charge in [-0.1, -0.05) is 18.2 Å². The van der Waals surface area contributed by atoms with E-state index in [0.29, 0.717) is 13.0 Å². The lowest BCUT2D eigenvalue weighted by atomic mass is 9.91. The summed E-state index contributed by atoms with van der Waals surface area (Å²) in [5.41, 5.74) is 2.08. The number of morpholine rings is 1. The third-order valence-electron chi connectivity index (χ3n) is 4.74. The molecule has 3 N–H and O–H groups in total. The Bertz CT molecular complexity index is 634. The molecule has 0 saturated carbocycles. The molecule has 8 heteroatoms. The molecule has 0 spiro atoms. The van der Waals surface area contributed by atoms with Crippen LogP contribution in [0, 0.1) is 0 Å². The summed E-state index contributed by atoms with van der Waals surface area (Å²) in [6.07, 6.45) is 0.480. The highest BCUT2D eigenvalue weighted by atomic mass is 127. The van der Waals surface area contributed by atoms with Gasteiger partial charge >= 0.3 is 0 Å². The summed E-state index contributed by atoms with van der Waals surface area (Å²) in [6, 6.07) is 7.99. The van der Waals surface area contributed by atoms with Crippen LogP contribution < -0.4 is 16.0 Å². The number of hydrogen-bond donors (Lipinski definition) is 3. The maximum atomic E-state index is 11.9. The van der Waals surface area contributed by atoms with Crippen LogP contribution in [0.5, 0.6) is 0 Å². The Kier molecular flexibility index (Phi) is 9.29. The first kappa shape index (κ1) is 21.9. The number of guanidine groups is 1. The highest BCUT2D eigenvalue weighted by Crippen LogP contribution is 2.31. The van der Waals surface area contributed by atoms with E-state index in [2.05, 4.69) is 33.8 Å². The number of benzene rings is 1. The molecule has 2 aliphatic heterocycles. The monoisotopic (exact) mass is 487 g/mol. The van der Waals surface area contributed by atoms with Crippen LogP contribution in [0.25, 0.3) is 0 Å². The Morgan fingerprint density at radius 1 is 1.30 bits per heavy atom. The molecule has 0 aliphatic carbocycles. The van der Waals surface area contributed by atoms with Crippen molar-refractivity contribution in [1.82, 2.24) is 15.5 Å². The smallest absolute Gasteiger partial charge is 0.225 e. The van der Waals surface area contributed by atoms with E-state index in [9.17, 15) is 4.79 Å². The molecule has 1 fully saturated rings. The van der Waals surface area contributed by atoms with E-state index in [1.807, 2.05) is 18.2 Å². The molecule has 2 aliphatic rings. The molecular formula is C19H30IN5O2. The Balaban J connectivity index is 0.00000261. The highest BCUT2D eigenvalue weighted by molar-refractivity contribution is 14.0. The van der Waals surface area contributed by atoms with Crippen LogP contribution in [-0.4, -0.2) is 69.2 Å². The average Bonchev–Trinajstić information content (AvgIpc) is 2.66. The van der Waals surface area contributed by atoms with Gasteiger partial charge in [-0.25, -0.2) is 0 Å². The zero-order valence-electron chi connectivity index (χ0n) is 15.9. The largest absolute Gasteiger partial charge is 0.379 e. The van der Waals surface area contributed by atoms with Gasteiger partial charge in [-0.2, -0.15) is 0 Å². The number of fused-ring (bicyclic) bond motifs is 1. The zero-order valence-corrected chi connectivity index (χ0v) is 18.2. The molecule has 7 nitrogen and oxygen atoms in total. The summed E-state index contributed by atoms with van der Waals surface area (Å²) in [6.45, 7) is 8.89. The lowest BCUT2D eigenvalue weighted by Gasteiger charge is -2.27. The van der Waals surface area contributed by atoms with Crippen molar-refractivity contribution in [3.63, 3.8) is 0 Å². The first-order chi connectivity index (χ1) is 12.8. The number of hydrogen-bond acceptors (Lipinski definition) is 4. The third-order valence-corrected chi connectivity index (χ3v) is 4.74. The first-order valence-electron chi connectivity index (χ1n) is 9.47. The fourth-order valence-electron chi connectivity index (χ4n) is 3.37. The van der Waals surface area contributed by atoms with Gasteiger partial charge in [-0.05, 0) is 18.6 Å². The molecule has 1 aromatic carbocycles. The first-order valence-corrected chi connectivity index (χ1v) is 9.47. The van der Waals surface area contributed by atoms with E-state index in [1.54, 1.807) is 0 Å². The number of aliphatic imine (C=N–C) groups is 1. The molecule has 150 valence electrons. The molecule has 1 atom stereocenters. The second kappa shape index (κ2) is 11.5. The fourth-order valence-corrected chi connectivity index (χ4v) is 3.37. The average molecular weight is 487 g/mol. The Labute approximate surface area is 178 Å². The minimum atomic E-state index is 0. The van der Waals surface area contributed by atoms with Gasteiger partial charge in [0.25, 0.3) is 0 Å². The minimum absolute atomic E-state index is 0. The third kappa shape index (κ3) is 6.62. The summed E-state index contributed by atoms with van der Waals surface area (Å²) >= 11 is 0. The van der Waals surface area contributed by atoms with E-state index in [0.717, 1.165) is 57.6 Å². The van der Waals surface area contributed by atoms with Gasteiger partial charge in [0.2, 0.25) is 5.91 Å². The van der Waals surface area contributed by atoms with Crippen LogP contribution in [0.1, 0.15) is 24.8 Å². The lowest BCUT2D eigenvalue weighted by molar-refractivity contribution is -0.116. The van der Waals surface area contributed by atoms with E-state index >= 15 is 0 Å². The summed E-state index contributed by atoms with van der Waals surface area (Å²) in [5.74, 6) is 0.994. The summed E-state index contributed by atoms with van der Waals surface area (Å²) in [7, 11) is 0. The number of carbonyl (C=O) groups is 1. The van der Waals surface area contributed by atoms with Crippen LogP contribution in [0.2, 0.25) is 0 Å². The predicted octanol–water partition coefficient (Wildman–Crippen LogP) is 1.62. The number of rotatable bonds is 6. The van der Waals surface area contributed by atoms with Crippen LogP contribution in [0.4, 0.5) is 5.69 Å². The van der Waals surface area contributed by atoms with Gasteiger partial charge in [0.1, 0.15) is 0 Å². The molecule has 0 bridgehead atoms. The zero-order chi connectivity index (χ0) is 18.2. The van der Waals surface area contributed by atoms with Crippen LogP contribution in [-0.2, 0) is 9.53 Å². The van der Waals surface area contributed by atoms with Gasteiger partial charge in [0, 0.05) is 50.7 Å². The number of amides is 1. The molecular weight excluding hydrogens is 457 g/mol. The van der Waals surface area contributed by atoms with Crippen molar-refractivity contribution in [1.29, 1.82) is 0 Å². The van der Waals surface area contributed by atoms with Crippen molar-refractivity contribution in [3.8, 4) is 0 Å². The number of ether oxygens (including phenoxy) is 1. The van der Waals surface area contributed by atoms with Gasteiger partial charge in [-0.3, -0.25) is 14.7 Å². The number of carbonyl (C=O) groups excluding carboxylic acids is 1. The van der Waals surface area contributed by atoms with Crippen molar-refractivity contribution in [2.75, 3.05) is 57.8 Å². The minimum Gasteiger partial charge on any atom is -0.379 e. The summed E-state index contributed by atoms with van der Waals surface area (Å²) in [5, 5.41) is 9.63. The van der Waals surface area contributed by atoms with Gasteiger partial charge in [-0.15, -0.1) is 24.0 Å². The topological polar surface area (TPSA) is 78.0 Å². The molecule has 1 amide bonds. The number of nitrogens with one attached hydrogen (secondary N) is 3. The summed E-state index contributed by atoms with van der Waals surface area (Å²) in [4.78, 5) is 19.1. The Morgan fingerprint density at radius 3 is 2.85 bits per heavy atom. The van der Waals surface area contributed by atoms with Crippen molar-refractivity contribution in [2.24, 2.45) is 4.99 Å². The molecule has 1 saturated heterocycles. The maximum absolute atomic E-state index is 11.9. The van der Waals surface area contributed by atoms with E-state index in [1.165, 1.54) is 5.56 Å². The standard InChI is InChI=1S/C19H29N5O2.HI/c1-2-20-19(21-7-8-24-9-11-26-12-10-24)22-14-15-13-18(25)23-17-6-4-3-5-16(15)17;/h3-6,15H,2,7-14H2,1H3,(H,23,25)(H2,20,21,22);1H. The number of nitrogens with zero attached hydrogens (tertiary/aromatic N) is 2. The number of para-hydroxylation sites is 1. The van der Waals surface area contributed by atoms with Gasteiger partial charge < -0.3 is 20.7 Å². The van der Waals surface area contributed by atoms with Crippen LogP contribution >= 0.6 is 24.0 Å². The Hall–Kier alpha value is -1.39. The second-order valence-corrected chi connectivity index (χ2v) is 6.64. The molecule has 0 aromatic heterocycles. The normalized spacial score (nSPS) is 20.3. The molecule has 1 aromatic rings. The highest BCUT2D eigenvalue weighted by Gasteiger charge is 2.24. The summed E-state index contributed by atoms with van der Waals surface area (Å²) < 4.78 is 5.38. The van der Waals surface area contributed by atoms with Crippen molar-refractivity contribution < 1.29 is 9.53 Å². The SMILES string of the molecule is CCNC(=NCC1CC(=O)Nc2ccccc21)NCCN1CCOCC1.I. The fraction of sp³-hybridized carbons (Fsp3) is 0.579. The van der Waals surface area contributed by atoms with Crippen LogP contribution in [0.15, 0.2) is 29.3 Å². The maximum Gasteiger partial charge on any atom is 0.225 e. The second-order valence-electron chi connectivity index (χ2n) is 6.64. The molecule has 27 heavy (non-hydrogen) atoms. The Morgan fingerprint density at radius 2 is 2.07 bits per heavy atom. The van der Waals surface area contributed by atoms with Crippen molar-refractivity contribution in [2.45, 2.75) is 19.3 Å². The number of anilines is 1. The van der Waals surface area contributed by atoms with E-state index in [4.69, 9.17) is 9.73 Å².